The molecule has 1 aromatic heterocycles. The molecule has 1 aliphatic rings. The summed E-state index contributed by atoms with van der Waals surface area (Å²) >= 11 is 6.10. The minimum Gasteiger partial charge on any atom is -0.481 e. The first-order valence-electron chi connectivity index (χ1n) is 5.79. The molecule has 1 aromatic rings. The van der Waals surface area contributed by atoms with Crippen LogP contribution in [-0.4, -0.2) is 40.8 Å². The van der Waals surface area contributed by atoms with E-state index in [1.54, 1.807) is 14.0 Å². The quantitative estimate of drug-likeness (QED) is 0.893. The number of aliphatic carboxylic acids is 1. The van der Waals surface area contributed by atoms with Crippen molar-refractivity contribution in [1.29, 1.82) is 0 Å². The third-order valence-electron chi connectivity index (χ3n) is 3.61. The van der Waals surface area contributed by atoms with Crippen molar-refractivity contribution >= 4 is 27.4 Å². The normalized spacial score (nSPS) is 25.6. The fraction of sp³-hybridized carbons (Fsp3) is 0.636. The molecule has 1 aliphatic heterocycles. The number of carboxylic acids is 1. The Morgan fingerprint density at radius 2 is 2.21 bits per heavy atom. The number of rotatable bonds is 3. The summed E-state index contributed by atoms with van der Waals surface area (Å²) in [4.78, 5) is 11.5. The zero-order valence-corrected chi connectivity index (χ0v) is 12.3. The van der Waals surface area contributed by atoms with E-state index in [9.17, 15) is 18.3 Å². The number of sulfone groups is 1. The molecular formula is C11H15ClN2O4S. The van der Waals surface area contributed by atoms with Crippen LogP contribution in [0.5, 0.6) is 0 Å². The number of hydrogen-bond acceptors (Lipinski definition) is 4. The average Bonchev–Trinajstić information content (AvgIpc) is 2.72. The van der Waals surface area contributed by atoms with E-state index in [1.165, 1.54) is 4.68 Å². The van der Waals surface area contributed by atoms with E-state index >= 15 is 0 Å². The van der Waals surface area contributed by atoms with Crippen LogP contribution in [0.15, 0.2) is 0 Å². The van der Waals surface area contributed by atoms with Gasteiger partial charge in [0.2, 0.25) is 0 Å². The Kier molecular flexibility index (Phi) is 3.38. The van der Waals surface area contributed by atoms with Crippen LogP contribution in [0, 0.1) is 12.3 Å². The number of nitrogens with zero attached hydrogens (tertiary/aromatic N) is 2. The molecule has 1 atom stereocenters. The number of aryl methyl sites for hydroxylation is 2. The van der Waals surface area contributed by atoms with Crippen molar-refractivity contribution in [1.82, 2.24) is 9.78 Å². The van der Waals surface area contributed by atoms with E-state index in [2.05, 4.69) is 5.10 Å². The predicted molar refractivity (Wildman–Crippen MR) is 70.0 cm³/mol. The molecule has 0 bridgehead atoms. The summed E-state index contributed by atoms with van der Waals surface area (Å²) in [5, 5.41) is 13.9. The van der Waals surface area contributed by atoms with E-state index < -0.39 is 21.2 Å². The van der Waals surface area contributed by atoms with E-state index in [4.69, 9.17) is 11.6 Å². The van der Waals surface area contributed by atoms with Gasteiger partial charge in [0.05, 0.1) is 33.3 Å². The summed E-state index contributed by atoms with van der Waals surface area (Å²) < 4.78 is 24.7. The standard InChI is InChI=1S/C11H15ClN2O4S/c1-7-9(12)8(14(2)13-7)5-11(10(15)16)3-4-19(17,18)6-11/h3-6H2,1-2H3,(H,15,16). The number of aromatic nitrogens is 2. The largest absolute Gasteiger partial charge is 0.481 e. The summed E-state index contributed by atoms with van der Waals surface area (Å²) in [7, 11) is -1.62. The molecule has 106 valence electrons. The summed E-state index contributed by atoms with van der Waals surface area (Å²) in [6, 6.07) is 0. The lowest BCUT2D eigenvalue weighted by Crippen LogP contribution is -2.35. The van der Waals surface area contributed by atoms with Gasteiger partial charge in [-0.05, 0) is 13.3 Å². The molecule has 0 aromatic carbocycles. The Labute approximate surface area is 116 Å². The van der Waals surface area contributed by atoms with Crippen LogP contribution >= 0.6 is 11.6 Å². The highest BCUT2D eigenvalue weighted by Gasteiger charge is 2.49. The Bertz CT molecular complexity index is 637. The molecule has 0 amide bonds. The van der Waals surface area contributed by atoms with Gasteiger partial charge in [-0.25, -0.2) is 8.42 Å². The Balaban J connectivity index is 2.41. The first kappa shape index (κ1) is 14.3. The molecule has 1 N–H and O–H groups in total. The second-order valence-corrected chi connectivity index (χ2v) is 7.64. The van der Waals surface area contributed by atoms with Crippen LogP contribution in [-0.2, 0) is 28.1 Å². The topological polar surface area (TPSA) is 89.3 Å². The second-order valence-electron chi connectivity index (χ2n) is 5.07. The van der Waals surface area contributed by atoms with Gasteiger partial charge in [-0.2, -0.15) is 5.10 Å². The van der Waals surface area contributed by atoms with Crippen molar-refractivity contribution in [3.05, 3.63) is 16.4 Å². The van der Waals surface area contributed by atoms with Gasteiger partial charge in [-0.15, -0.1) is 0 Å². The predicted octanol–water partition coefficient (Wildman–Crippen LogP) is 0.814. The van der Waals surface area contributed by atoms with Crippen molar-refractivity contribution in [3.63, 3.8) is 0 Å². The molecule has 1 fully saturated rings. The minimum atomic E-state index is -3.29. The highest BCUT2D eigenvalue weighted by atomic mass is 35.5. The highest BCUT2D eigenvalue weighted by molar-refractivity contribution is 7.91. The maximum absolute atomic E-state index is 11.6. The number of carbonyl (C=O) groups is 1. The highest BCUT2D eigenvalue weighted by Crippen LogP contribution is 2.38. The molecule has 1 saturated heterocycles. The molecule has 0 aliphatic carbocycles. The number of halogens is 1. The molecule has 6 nitrogen and oxygen atoms in total. The lowest BCUT2D eigenvalue weighted by molar-refractivity contribution is -0.147. The van der Waals surface area contributed by atoms with Gasteiger partial charge in [0, 0.05) is 13.5 Å². The van der Waals surface area contributed by atoms with E-state index in [-0.39, 0.29) is 24.3 Å². The first-order valence-corrected chi connectivity index (χ1v) is 7.99. The Morgan fingerprint density at radius 1 is 1.58 bits per heavy atom. The van der Waals surface area contributed by atoms with Crippen LogP contribution in [0.1, 0.15) is 17.8 Å². The monoisotopic (exact) mass is 306 g/mol. The van der Waals surface area contributed by atoms with Crippen LogP contribution in [0.3, 0.4) is 0 Å². The van der Waals surface area contributed by atoms with E-state index in [0.717, 1.165) is 0 Å². The van der Waals surface area contributed by atoms with Crippen molar-refractivity contribution in [2.45, 2.75) is 19.8 Å². The fourth-order valence-electron chi connectivity index (χ4n) is 2.49. The third-order valence-corrected chi connectivity index (χ3v) is 5.92. The molecule has 0 spiro atoms. The molecule has 2 heterocycles. The average molecular weight is 307 g/mol. The molecule has 0 radical (unpaired) electrons. The van der Waals surface area contributed by atoms with Gasteiger partial charge in [0.25, 0.3) is 0 Å². The molecule has 19 heavy (non-hydrogen) atoms. The van der Waals surface area contributed by atoms with Gasteiger partial charge < -0.3 is 5.11 Å². The summed E-state index contributed by atoms with van der Waals surface area (Å²) in [5.41, 5.74) is -0.109. The molecule has 2 rings (SSSR count). The molecular weight excluding hydrogens is 292 g/mol. The molecule has 8 heteroatoms. The van der Waals surface area contributed by atoms with Crippen molar-refractivity contribution < 1.29 is 18.3 Å². The SMILES string of the molecule is Cc1nn(C)c(CC2(C(=O)O)CCS(=O)(=O)C2)c1Cl. The van der Waals surface area contributed by atoms with Crippen molar-refractivity contribution in [2.24, 2.45) is 12.5 Å². The van der Waals surface area contributed by atoms with Gasteiger partial charge in [0.15, 0.2) is 9.84 Å². The Hall–Kier alpha value is -1.08. The zero-order valence-electron chi connectivity index (χ0n) is 10.7. The van der Waals surface area contributed by atoms with Crippen LogP contribution in [0.25, 0.3) is 0 Å². The zero-order chi connectivity index (χ0) is 14.4. The summed E-state index contributed by atoms with van der Waals surface area (Å²) in [6.07, 6.45) is 0.197. The molecule has 0 saturated carbocycles. The Morgan fingerprint density at radius 3 is 2.58 bits per heavy atom. The third kappa shape index (κ3) is 2.49. The van der Waals surface area contributed by atoms with Crippen molar-refractivity contribution in [3.8, 4) is 0 Å². The van der Waals surface area contributed by atoms with Crippen LogP contribution in [0.2, 0.25) is 5.02 Å². The van der Waals surface area contributed by atoms with Gasteiger partial charge in [0.1, 0.15) is 0 Å². The maximum Gasteiger partial charge on any atom is 0.311 e. The minimum absolute atomic E-state index is 0.0811. The second kappa shape index (κ2) is 4.49. The first-order chi connectivity index (χ1) is 8.67. The maximum atomic E-state index is 11.6. The lowest BCUT2D eigenvalue weighted by atomic mass is 9.83. The van der Waals surface area contributed by atoms with Crippen LogP contribution in [0.4, 0.5) is 0 Å². The lowest BCUT2D eigenvalue weighted by Gasteiger charge is -2.22. The molecule has 1 unspecified atom stereocenters. The summed E-state index contributed by atoms with van der Waals surface area (Å²) in [6.45, 7) is 1.73. The van der Waals surface area contributed by atoms with Gasteiger partial charge in [-0.1, -0.05) is 11.6 Å². The van der Waals surface area contributed by atoms with Gasteiger partial charge in [-0.3, -0.25) is 9.48 Å². The van der Waals surface area contributed by atoms with Gasteiger partial charge >= 0.3 is 5.97 Å². The number of hydrogen-bond donors (Lipinski definition) is 1. The van der Waals surface area contributed by atoms with Crippen LogP contribution < -0.4 is 0 Å². The van der Waals surface area contributed by atoms with E-state index in [1.807, 2.05) is 0 Å². The number of carboxylic acid groups (broad SMARTS) is 1. The fourth-order valence-corrected chi connectivity index (χ4v) is 4.78. The smallest absolute Gasteiger partial charge is 0.311 e. The van der Waals surface area contributed by atoms with Crippen molar-refractivity contribution in [2.75, 3.05) is 11.5 Å². The van der Waals surface area contributed by atoms with E-state index in [0.29, 0.717) is 16.4 Å². The summed E-state index contributed by atoms with van der Waals surface area (Å²) in [5.74, 6) is -1.52.